The first-order valence-corrected chi connectivity index (χ1v) is 10.5. The maximum Gasteiger partial charge on any atom is 0.416 e. The second kappa shape index (κ2) is 8.73. The molecular formula is C19H21F3N2O4S. The third kappa shape index (κ3) is 6.11. The molecule has 0 saturated heterocycles. The molecule has 0 fully saturated rings. The minimum Gasteiger partial charge on any atom is -0.481 e. The molecule has 2 aromatic carbocycles. The van der Waals surface area contributed by atoms with Crippen molar-refractivity contribution in [2.24, 2.45) is 0 Å². The zero-order valence-corrected chi connectivity index (χ0v) is 16.8. The second-order valence-electron chi connectivity index (χ2n) is 6.30. The molecule has 10 heteroatoms. The molecule has 158 valence electrons. The molecule has 1 atom stereocenters. The summed E-state index contributed by atoms with van der Waals surface area (Å²) in [5, 5.41) is 2.52. The van der Waals surface area contributed by atoms with E-state index in [0.717, 1.165) is 22.7 Å². The van der Waals surface area contributed by atoms with Gasteiger partial charge >= 0.3 is 6.18 Å². The van der Waals surface area contributed by atoms with Crippen LogP contribution in [-0.2, 0) is 21.0 Å². The number of hydrogen-bond donors (Lipinski definition) is 1. The number of nitrogens with zero attached hydrogens (tertiary/aromatic N) is 1. The van der Waals surface area contributed by atoms with Gasteiger partial charge in [0.05, 0.1) is 17.5 Å². The highest BCUT2D eigenvalue weighted by Crippen LogP contribution is 2.30. The van der Waals surface area contributed by atoms with Crippen LogP contribution in [0, 0.1) is 0 Å². The summed E-state index contributed by atoms with van der Waals surface area (Å²) >= 11 is 0. The van der Waals surface area contributed by atoms with E-state index in [-0.39, 0.29) is 5.69 Å². The molecule has 0 radical (unpaired) electrons. The van der Waals surface area contributed by atoms with Crippen LogP contribution in [0.15, 0.2) is 48.5 Å². The summed E-state index contributed by atoms with van der Waals surface area (Å²) in [5.74, 6) is -0.158. The van der Waals surface area contributed by atoms with Crippen molar-refractivity contribution in [1.29, 1.82) is 0 Å². The van der Waals surface area contributed by atoms with Crippen molar-refractivity contribution < 1.29 is 31.1 Å². The second-order valence-corrected chi connectivity index (χ2v) is 8.32. The molecule has 0 heterocycles. The lowest BCUT2D eigenvalue weighted by Gasteiger charge is -2.19. The van der Waals surface area contributed by atoms with E-state index < -0.39 is 33.8 Å². The van der Waals surface area contributed by atoms with Crippen LogP contribution in [0.2, 0.25) is 0 Å². The number of halogens is 3. The van der Waals surface area contributed by atoms with E-state index in [1.54, 1.807) is 6.92 Å². The Hall–Kier alpha value is -2.75. The molecule has 2 rings (SSSR count). The first-order valence-electron chi connectivity index (χ1n) is 8.60. The van der Waals surface area contributed by atoms with E-state index >= 15 is 0 Å². The molecule has 0 unspecified atom stereocenters. The Morgan fingerprint density at radius 3 is 2.10 bits per heavy atom. The number of ether oxygens (including phenoxy) is 1. The van der Waals surface area contributed by atoms with Crippen LogP contribution in [0.3, 0.4) is 0 Å². The van der Waals surface area contributed by atoms with Crippen molar-refractivity contribution in [2.75, 3.05) is 22.9 Å². The molecule has 6 nitrogen and oxygen atoms in total. The summed E-state index contributed by atoms with van der Waals surface area (Å²) in [6.45, 7) is 1.73. The van der Waals surface area contributed by atoms with Crippen LogP contribution in [0.1, 0.15) is 18.9 Å². The van der Waals surface area contributed by atoms with Gasteiger partial charge < -0.3 is 10.1 Å². The van der Waals surface area contributed by atoms with Gasteiger partial charge in [0.15, 0.2) is 6.10 Å². The van der Waals surface area contributed by atoms with Gasteiger partial charge in [0, 0.05) is 12.7 Å². The van der Waals surface area contributed by atoms with E-state index in [9.17, 15) is 26.4 Å². The summed E-state index contributed by atoms with van der Waals surface area (Å²) < 4.78 is 67.7. The number of benzene rings is 2. The fourth-order valence-electron chi connectivity index (χ4n) is 2.38. The monoisotopic (exact) mass is 430 g/mol. The molecule has 1 N–H and O–H groups in total. The number of alkyl halides is 3. The average molecular weight is 430 g/mol. The Morgan fingerprint density at radius 1 is 1.10 bits per heavy atom. The lowest BCUT2D eigenvalue weighted by Crippen LogP contribution is -2.32. The van der Waals surface area contributed by atoms with Gasteiger partial charge in [0.2, 0.25) is 10.0 Å². The number of carbonyl (C=O) groups is 1. The zero-order valence-electron chi connectivity index (χ0n) is 16.0. The van der Waals surface area contributed by atoms with Crippen molar-refractivity contribution in [1.82, 2.24) is 0 Å². The minimum atomic E-state index is -4.45. The fraction of sp³-hybridized carbons (Fsp3) is 0.316. The van der Waals surface area contributed by atoms with Crippen molar-refractivity contribution in [3.05, 3.63) is 54.1 Å². The van der Waals surface area contributed by atoms with Crippen molar-refractivity contribution >= 4 is 27.3 Å². The van der Waals surface area contributed by atoms with E-state index in [1.165, 1.54) is 43.4 Å². The Labute approximate surface area is 167 Å². The summed E-state index contributed by atoms with van der Waals surface area (Å²) in [7, 11) is -1.98. The van der Waals surface area contributed by atoms with Crippen LogP contribution in [0.5, 0.6) is 5.75 Å². The topological polar surface area (TPSA) is 75.7 Å². The van der Waals surface area contributed by atoms with Gasteiger partial charge in [-0.15, -0.1) is 0 Å². The van der Waals surface area contributed by atoms with Crippen LogP contribution >= 0.6 is 0 Å². The Morgan fingerprint density at radius 2 is 1.66 bits per heavy atom. The largest absolute Gasteiger partial charge is 0.481 e. The molecule has 0 aromatic heterocycles. The van der Waals surface area contributed by atoms with Gasteiger partial charge in [-0.25, -0.2) is 8.42 Å². The fourth-order valence-corrected chi connectivity index (χ4v) is 2.88. The molecule has 1 amide bonds. The smallest absolute Gasteiger partial charge is 0.416 e. The highest BCUT2D eigenvalue weighted by Gasteiger charge is 2.30. The van der Waals surface area contributed by atoms with Gasteiger partial charge in [0.1, 0.15) is 5.75 Å². The van der Waals surface area contributed by atoms with Gasteiger partial charge in [-0.1, -0.05) is 6.92 Å². The quantitative estimate of drug-likeness (QED) is 0.723. The molecular weight excluding hydrogens is 409 g/mol. The van der Waals surface area contributed by atoms with Crippen LogP contribution in [-0.4, -0.2) is 33.7 Å². The lowest BCUT2D eigenvalue weighted by atomic mass is 10.2. The van der Waals surface area contributed by atoms with E-state index in [1.807, 2.05) is 0 Å². The first kappa shape index (κ1) is 22.5. The first-order chi connectivity index (χ1) is 13.4. The maximum absolute atomic E-state index is 12.6. The molecule has 0 aliphatic rings. The average Bonchev–Trinajstić information content (AvgIpc) is 2.65. The number of rotatable bonds is 7. The number of hydrogen-bond acceptors (Lipinski definition) is 4. The Bertz CT molecular complexity index is 943. The number of nitrogens with one attached hydrogen (secondary N) is 1. The highest BCUT2D eigenvalue weighted by molar-refractivity contribution is 7.92. The van der Waals surface area contributed by atoms with Gasteiger partial charge in [0.25, 0.3) is 5.91 Å². The molecule has 29 heavy (non-hydrogen) atoms. The number of anilines is 2. The lowest BCUT2D eigenvalue weighted by molar-refractivity contribution is -0.137. The van der Waals surface area contributed by atoms with Gasteiger partial charge in [-0.2, -0.15) is 13.2 Å². The molecule has 0 bridgehead atoms. The molecule has 0 spiro atoms. The third-order valence-corrected chi connectivity index (χ3v) is 5.32. The Kier molecular flexibility index (Phi) is 6.78. The third-order valence-electron chi connectivity index (χ3n) is 4.12. The summed E-state index contributed by atoms with van der Waals surface area (Å²) in [6, 6.07) is 10.2. The summed E-state index contributed by atoms with van der Waals surface area (Å²) in [4.78, 5) is 12.4. The number of amides is 1. The zero-order chi connectivity index (χ0) is 21.8. The standard InChI is InChI=1S/C19H21F3N2O4S/c1-4-17(18(25)23-14-7-5-13(6-8-14)19(20,21)22)28-16-11-9-15(10-12-16)24(2)29(3,26)27/h5-12,17H,4H2,1-3H3,(H,23,25)/t17-/m0/s1. The van der Waals surface area contributed by atoms with Crippen molar-refractivity contribution in [2.45, 2.75) is 25.6 Å². The maximum atomic E-state index is 12.6. The molecule has 0 aliphatic heterocycles. The van der Waals surface area contributed by atoms with Crippen molar-refractivity contribution in [3.63, 3.8) is 0 Å². The highest BCUT2D eigenvalue weighted by atomic mass is 32.2. The molecule has 2 aromatic rings. The van der Waals surface area contributed by atoms with Crippen LogP contribution in [0.4, 0.5) is 24.5 Å². The SMILES string of the molecule is CC[C@H](Oc1ccc(N(C)S(C)(=O)=O)cc1)C(=O)Nc1ccc(C(F)(F)F)cc1. The predicted octanol–water partition coefficient (Wildman–Crippen LogP) is 3.90. The van der Waals surface area contributed by atoms with Gasteiger partial charge in [-0.05, 0) is 55.0 Å². The van der Waals surface area contributed by atoms with Crippen LogP contribution in [0.25, 0.3) is 0 Å². The predicted molar refractivity (Wildman–Crippen MR) is 104 cm³/mol. The minimum absolute atomic E-state index is 0.218. The molecule has 0 saturated carbocycles. The van der Waals surface area contributed by atoms with Crippen LogP contribution < -0.4 is 14.4 Å². The van der Waals surface area contributed by atoms with Gasteiger partial charge in [-0.3, -0.25) is 9.10 Å². The van der Waals surface area contributed by atoms with E-state index in [2.05, 4.69) is 5.32 Å². The number of sulfonamides is 1. The Balaban J connectivity index is 2.04. The number of carbonyl (C=O) groups excluding carboxylic acids is 1. The van der Waals surface area contributed by atoms with E-state index in [4.69, 9.17) is 4.74 Å². The normalized spacial score (nSPS) is 12.9. The summed E-state index contributed by atoms with van der Waals surface area (Å²) in [6.07, 6.45) is -3.93. The van der Waals surface area contributed by atoms with Crippen molar-refractivity contribution in [3.8, 4) is 5.75 Å². The van der Waals surface area contributed by atoms with E-state index in [0.29, 0.717) is 17.9 Å². The molecule has 0 aliphatic carbocycles. The summed E-state index contributed by atoms with van der Waals surface area (Å²) in [5.41, 5.74) is -0.157.